The van der Waals surface area contributed by atoms with Gasteiger partial charge in [0.05, 0.1) is 7.11 Å². The van der Waals surface area contributed by atoms with Gasteiger partial charge in [-0.15, -0.1) is 0 Å². The number of amides is 2. The first-order chi connectivity index (χ1) is 10.0. The Kier molecular flexibility index (Phi) is 7.61. The van der Waals surface area contributed by atoms with Crippen LogP contribution in [-0.4, -0.2) is 37.6 Å². The zero-order valence-electron chi connectivity index (χ0n) is 12.4. The third kappa shape index (κ3) is 6.99. The lowest BCUT2D eigenvalue weighted by Crippen LogP contribution is -2.37. The van der Waals surface area contributed by atoms with E-state index in [1.54, 1.807) is 18.0 Å². The van der Waals surface area contributed by atoms with E-state index in [2.05, 4.69) is 10.1 Å². The Balaban J connectivity index is 2.24. The Labute approximate surface area is 130 Å². The first kappa shape index (κ1) is 17.3. The highest BCUT2D eigenvalue weighted by atomic mass is 35.5. The van der Waals surface area contributed by atoms with Gasteiger partial charge in [-0.05, 0) is 30.5 Å². The van der Waals surface area contributed by atoms with Crippen molar-refractivity contribution < 1.29 is 14.3 Å². The topological polar surface area (TPSA) is 58.6 Å². The van der Waals surface area contributed by atoms with E-state index in [-0.39, 0.29) is 12.0 Å². The molecule has 0 spiro atoms. The second-order valence-electron chi connectivity index (χ2n) is 4.75. The highest BCUT2D eigenvalue weighted by molar-refractivity contribution is 6.30. The normalized spacial score (nSPS) is 10.0. The molecule has 1 rings (SSSR count). The average Bonchev–Trinajstić information content (AvgIpc) is 2.46. The lowest BCUT2D eigenvalue weighted by molar-refractivity contribution is -0.140. The largest absolute Gasteiger partial charge is 0.469 e. The SMILES string of the molecule is COC(=O)CCCCNC(=O)N(C)Cc1cccc(Cl)c1. The third-order valence-corrected chi connectivity index (χ3v) is 3.20. The lowest BCUT2D eigenvalue weighted by Gasteiger charge is -2.18. The number of nitrogens with zero attached hydrogens (tertiary/aromatic N) is 1. The number of carbonyl (C=O) groups is 2. The van der Waals surface area contributed by atoms with E-state index in [0.717, 1.165) is 12.0 Å². The van der Waals surface area contributed by atoms with Crippen LogP contribution in [0.5, 0.6) is 0 Å². The minimum absolute atomic E-state index is 0.145. The van der Waals surface area contributed by atoms with Crippen molar-refractivity contribution in [3.63, 3.8) is 0 Å². The van der Waals surface area contributed by atoms with Crippen molar-refractivity contribution in [1.29, 1.82) is 0 Å². The number of unbranched alkanes of at least 4 members (excludes halogenated alkanes) is 1. The smallest absolute Gasteiger partial charge is 0.317 e. The van der Waals surface area contributed by atoms with Gasteiger partial charge in [-0.25, -0.2) is 4.79 Å². The number of nitrogens with one attached hydrogen (secondary N) is 1. The molecule has 0 fully saturated rings. The summed E-state index contributed by atoms with van der Waals surface area (Å²) in [5.74, 6) is -0.223. The summed E-state index contributed by atoms with van der Waals surface area (Å²) in [4.78, 5) is 24.4. The highest BCUT2D eigenvalue weighted by Gasteiger charge is 2.08. The summed E-state index contributed by atoms with van der Waals surface area (Å²) >= 11 is 5.91. The number of carbonyl (C=O) groups excluding carboxylic acids is 2. The summed E-state index contributed by atoms with van der Waals surface area (Å²) < 4.78 is 4.55. The minimum atomic E-state index is -0.223. The maximum absolute atomic E-state index is 11.9. The monoisotopic (exact) mass is 312 g/mol. The van der Waals surface area contributed by atoms with Gasteiger partial charge in [0.2, 0.25) is 0 Å². The number of urea groups is 1. The Hall–Kier alpha value is -1.75. The maximum atomic E-state index is 11.9. The molecule has 21 heavy (non-hydrogen) atoms. The van der Waals surface area contributed by atoms with Crippen molar-refractivity contribution in [2.45, 2.75) is 25.8 Å². The lowest BCUT2D eigenvalue weighted by atomic mass is 10.2. The molecular formula is C15H21ClN2O3. The third-order valence-electron chi connectivity index (χ3n) is 2.97. The van der Waals surface area contributed by atoms with Crippen molar-refractivity contribution in [2.75, 3.05) is 20.7 Å². The molecule has 0 aliphatic heterocycles. The van der Waals surface area contributed by atoms with Gasteiger partial charge in [0.1, 0.15) is 0 Å². The summed E-state index contributed by atoms with van der Waals surface area (Å²) in [5, 5.41) is 3.47. The fraction of sp³-hybridized carbons (Fsp3) is 0.467. The summed E-state index contributed by atoms with van der Waals surface area (Å²) in [5.41, 5.74) is 0.978. The molecule has 6 heteroatoms. The first-order valence-electron chi connectivity index (χ1n) is 6.83. The first-order valence-corrected chi connectivity index (χ1v) is 7.21. The molecule has 5 nitrogen and oxygen atoms in total. The summed E-state index contributed by atoms with van der Waals surface area (Å²) in [6.45, 7) is 1.03. The summed E-state index contributed by atoms with van der Waals surface area (Å²) in [6.07, 6.45) is 1.82. The second-order valence-corrected chi connectivity index (χ2v) is 5.19. The van der Waals surface area contributed by atoms with Crippen LogP contribution in [0.15, 0.2) is 24.3 Å². The molecule has 116 valence electrons. The standard InChI is InChI=1S/C15H21ClN2O3/c1-18(11-12-6-5-7-13(16)10-12)15(20)17-9-4-3-8-14(19)21-2/h5-7,10H,3-4,8-9,11H2,1-2H3,(H,17,20). The number of esters is 1. The van der Waals surface area contributed by atoms with Crippen molar-refractivity contribution >= 4 is 23.6 Å². The van der Waals surface area contributed by atoms with Gasteiger partial charge in [0.25, 0.3) is 0 Å². The molecule has 0 aliphatic rings. The second kappa shape index (κ2) is 9.23. The van der Waals surface area contributed by atoms with E-state index in [4.69, 9.17) is 11.6 Å². The van der Waals surface area contributed by atoms with Crippen LogP contribution in [-0.2, 0) is 16.1 Å². The fourth-order valence-corrected chi connectivity index (χ4v) is 2.02. The van der Waals surface area contributed by atoms with Gasteiger partial charge in [-0.1, -0.05) is 23.7 Å². The zero-order chi connectivity index (χ0) is 15.7. The molecule has 1 N–H and O–H groups in total. The molecular weight excluding hydrogens is 292 g/mol. The van der Waals surface area contributed by atoms with Gasteiger partial charge in [-0.3, -0.25) is 4.79 Å². The van der Waals surface area contributed by atoms with E-state index in [9.17, 15) is 9.59 Å². The van der Waals surface area contributed by atoms with E-state index in [0.29, 0.717) is 31.0 Å². The Morgan fingerprint density at radius 3 is 2.76 bits per heavy atom. The van der Waals surface area contributed by atoms with Gasteiger partial charge in [0, 0.05) is 31.6 Å². The molecule has 0 atom stereocenters. The Morgan fingerprint density at radius 2 is 2.10 bits per heavy atom. The van der Waals surface area contributed by atoms with Gasteiger partial charge < -0.3 is 15.0 Å². The molecule has 0 heterocycles. The maximum Gasteiger partial charge on any atom is 0.317 e. The van der Waals surface area contributed by atoms with Crippen LogP contribution in [0.25, 0.3) is 0 Å². The summed E-state index contributed by atoms with van der Waals surface area (Å²) in [7, 11) is 3.10. The highest BCUT2D eigenvalue weighted by Crippen LogP contribution is 2.12. The number of ether oxygens (including phenoxy) is 1. The molecule has 0 saturated carbocycles. The number of hydrogen-bond donors (Lipinski definition) is 1. The molecule has 2 amide bonds. The van der Waals surface area contributed by atoms with Crippen molar-refractivity contribution in [2.24, 2.45) is 0 Å². The molecule has 0 radical (unpaired) electrons. The van der Waals surface area contributed by atoms with Gasteiger partial charge in [-0.2, -0.15) is 0 Å². The number of halogens is 1. The van der Waals surface area contributed by atoms with Crippen LogP contribution >= 0.6 is 11.6 Å². The molecule has 1 aromatic carbocycles. The Morgan fingerprint density at radius 1 is 1.33 bits per heavy atom. The van der Waals surface area contributed by atoms with Crippen LogP contribution in [0.3, 0.4) is 0 Å². The van der Waals surface area contributed by atoms with E-state index in [1.807, 2.05) is 18.2 Å². The molecule has 0 aromatic heterocycles. The predicted molar refractivity (Wildman–Crippen MR) is 82.2 cm³/mol. The zero-order valence-corrected chi connectivity index (χ0v) is 13.2. The molecule has 0 bridgehead atoms. The number of rotatable bonds is 7. The molecule has 1 aromatic rings. The number of benzene rings is 1. The van der Waals surface area contributed by atoms with Crippen LogP contribution < -0.4 is 5.32 Å². The van der Waals surface area contributed by atoms with E-state index < -0.39 is 0 Å². The molecule has 0 aliphatic carbocycles. The van der Waals surface area contributed by atoms with E-state index >= 15 is 0 Å². The van der Waals surface area contributed by atoms with Crippen molar-refractivity contribution in [1.82, 2.24) is 10.2 Å². The van der Waals surface area contributed by atoms with E-state index in [1.165, 1.54) is 7.11 Å². The van der Waals surface area contributed by atoms with Crippen LogP contribution in [0.2, 0.25) is 5.02 Å². The fourth-order valence-electron chi connectivity index (χ4n) is 1.81. The molecule has 0 saturated heterocycles. The van der Waals surface area contributed by atoms with Crippen molar-refractivity contribution in [3.05, 3.63) is 34.9 Å². The van der Waals surface area contributed by atoms with Crippen LogP contribution in [0.4, 0.5) is 4.79 Å². The number of methoxy groups -OCH3 is 1. The summed E-state index contributed by atoms with van der Waals surface area (Å²) in [6, 6.07) is 7.27. The average molecular weight is 313 g/mol. The Bertz CT molecular complexity index is 480. The van der Waals surface area contributed by atoms with Crippen LogP contribution in [0, 0.1) is 0 Å². The predicted octanol–water partition coefficient (Wildman–Crippen LogP) is 2.82. The van der Waals surface area contributed by atoms with Crippen molar-refractivity contribution in [3.8, 4) is 0 Å². The molecule has 0 unspecified atom stereocenters. The quantitative estimate of drug-likeness (QED) is 0.622. The van der Waals surface area contributed by atoms with Gasteiger partial charge in [0.15, 0.2) is 0 Å². The minimum Gasteiger partial charge on any atom is -0.469 e. The van der Waals surface area contributed by atoms with Gasteiger partial charge >= 0.3 is 12.0 Å². The number of hydrogen-bond acceptors (Lipinski definition) is 3. The van der Waals surface area contributed by atoms with Crippen LogP contribution in [0.1, 0.15) is 24.8 Å².